The molecule has 0 saturated carbocycles. The minimum absolute atomic E-state index is 0.0446. The van der Waals surface area contributed by atoms with Crippen LogP contribution < -0.4 is 4.74 Å². The Kier molecular flexibility index (Phi) is 3.77. The molecule has 0 aliphatic heterocycles. The van der Waals surface area contributed by atoms with Gasteiger partial charge in [-0.2, -0.15) is 0 Å². The molecule has 0 N–H and O–H groups in total. The minimum Gasteiger partial charge on any atom is -0.496 e. The molecule has 0 spiro atoms. The summed E-state index contributed by atoms with van der Waals surface area (Å²) in [6, 6.07) is 7.96. The van der Waals surface area contributed by atoms with E-state index in [1.165, 1.54) is 0 Å². The maximum atomic E-state index is 5.33. The largest absolute Gasteiger partial charge is 0.496 e. The lowest BCUT2D eigenvalue weighted by Gasteiger charge is -2.11. The highest BCUT2D eigenvalue weighted by Gasteiger charge is 2.08. The van der Waals surface area contributed by atoms with E-state index in [0.717, 1.165) is 17.0 Å². The summed E-state index contributed by atoms with van der Waals surface area (Å²) in [5, 5.41) is 0. The number of nitrogens with zero attached hydrogens (tertiary/aromatic N) is 3. The Hall–Kier alpha value is -2.10. The summed E-state index contributed by atoms with van der Waals surface area (Å²) in [5.41, 5.74) is 1.94. The van der Waals surface area contributed by atoms with E-state index in [1.807, 2.05) is 49.0 Å². The fourth-order valence-electron chi connectivity index (χ4n) is 1.78. The van der Waals surface area contributed by atoms with Gasteiger partial charge in [0.25, 0.3) is 0 Å². The fraction of sp³-hybridized carbons (Fsp3) is 0.286. The molecule has 2 aromatic rings. The van der Waals surface area contributed by atoms with Crippen LogP contribution in [0.2, 0.25) is 0 Å². The molecule has 0 aliphatic rings. The van der Waals surface area contributed by atoms with Crippen molar-refractivity contribution in [3.05, 3.63) is 48.0 Å². The number of ether oxygens (including phenoxy) is 1. The van der Waals surface area contributed by atoms with Gasteiger partial charge in [-0.25, -0.2) is 4.98 Å². The predicted molar refractivity (Wildman–Crippen MR) is 72.2 cm³/mol. The van der Waals surface area contributed by atoms with Crippen LogP contribution in [0.5, 0.6) is 5.75 Å². The standard InChI is InChI=1S/C14H17N3O/c1-11(13-6-4-5-7-14(13)18-3)15-8-12-9-17(2)10-16-12/h4-11H,1-3H3/b15-8+. The number of imidazole rings is 1. The first kappa shape index (κ1) is 12.4. The number of aliphatic imine (C=N–C) groups is 1. The Morgan fingerprint density at radius 3 is 2.83 bits per heavy atom. The second kappa shape index (κ2) is 5.49. The van der Waals surface area contributed by atoms with Crippen molar-refractivity contribution in [3.63, 3.8) is 0 Å². The molecule has 0 fully saturated rings. The van der Waals surface area contributed by atoms with E-state index in [2.05, 4.69) is 9.98 Å². The third-order valence-electron chi connectivity index (χ3n) is 2.74. The van der Waals surface area contributed by atoms with Crippen LogP contribution in [0.4, 0.5) is 0 Å². The summed E-state index contributed by atoms with van der Waals surface area (Å²) in [6.07, 6.45) is 5.48. The van der Waals surface area contributed by atoms with E-state index in [4.69, 9.17) is 4.74 Å². The van der Waals surface area contributed by atoms with Gasteiger partial charge in [0.1, 0.15) is 5.75 Å². The average Bonchev–Trinajstić information content (AvgIpc) is 2.81. The number of hydrogen-bond acceptors (Lipinski definition) is 3. The van der Waals surface area contributed by atoms with Crippen LogP contribution >= 0.6 is 0 Å². The van der Waals surface area contributed by atoms with Crippen LogP contribution in [0, 0.1) is 0 Å². The van der Waals surface area contributed by atoms with E-state index in [9.17, 15) is 0 Å². The molecule has 0 amide bonds. The van der Waals surface area contributed by atoms with E-state index in [0.29, 0.717) is 0 Å². The third kappa shape index (κ3) is 2.77. The van der Waals surface area contributed by atoms with Crippen LogP contribution in [0.25, 0.3) is 0 Å². The van der Waals surface area contributed by atoms with Gasteiger partial charge in [-0.15, -0.1) is 0 Å². The van der Waals surface area contributed by atoms with Gasteiger partial charge in [-0.05, 0) is 13.0 Å². The molecule has 1 atom stereocenters. The van der Waals surface area contributed by atoms with Crippen LogP contribution in [0.1, 0.15) is 24.2 Å². The van der Waals surface area contributed by atoms with Crippen LogP contribution in [0.3, 0.4) is 0 Å². The van der Waals surface area contributed by atoms with Crippen molar-refractivity contribution in [2.24, 2.45) is 12.0 Å². The summed E-state index contributed by atoms with van der Waals surface area (Å²) in [5.74, 6) is 0.864. The first-order chi connectivity index (χ1) is 8.70. The third-order valence-corrected chi connectivity index (χ3v) is 2.74. The predicted octanol–water partition coefficient (Wildman–Crippen LogP) is 2.61. The highest BCUT2D eigenvalue weighted by atomic mass is 16.5. The molecule has 1 unspecified atom stereocenters. The molecule has 18 heavy (non-hydrogen) atoms. The molecular formula is C14H17N3O. The molecule has 0 bridgehead atoms. The molecule has 0 saturated heterocycles. The average molecular weight is 243 g/mol. The smallest absolute Gasteiger partial charge is 0.124 e. The Morgan fingerprint density at radius 1 is 1.39 bits per heavy atom. The van der Waals surface area contributed by atoms with Gasteiger partial charge in [-0.3, -0.25) is 4.99 Å². The second-order valence-electron chi connectivity index (χ2n) is 4.16. The molecule has 4 heteroatoms. The molecule has 94 valence electrons. The fourth-order valence-corrected chi connectivity index (χ4v) is 1.78. The number of aryl methyl sites for hydroxylation is 1. The highest BCUT2D eigenvalue weighted by Crippen LogP contribution is 2.26. The molecule has 1 aromatic carbocycles. The quantitative estimate of drug-likeness (QED) is 0.774. The van der Waals surface area contributed by atoms with Crippen molar-refractivity contribution >= 4 is 6.21 Å². The monoisotopic (exact) mass is 243 g/mol. The minimum atomic E-state index is 0.0446. The van der Waals surface area contributed by atoms with Crippen LogP contribution in [0.15, 0.2) is 41.8 Å². The Labute approximate surface area is 107 Å². The van der Waals surface area contributed by atoms with E-state index < -0.39 is 0 Å². The second-order valence-corrected chi connectivity index (χ2v) is 4.16. The lowest BCUT2D eigenvalue weighted by molar-refractivity contribution is 0.407. The molecule has 1 aromatic heterocycles. The number of aromatic nitrogens is 2. The summed E-state index contributed by atoms with van der Waals surface area (Å²) in [7, 11) is 3.61. The molecule has 0 aliphatic carbocycles. The Bertz CT molecular complexity index is 545. The number of hydrogen-bond donors (Lipinski definition) is 0. The van der Waals surface area contributed by atoms with Gasteiger partial charge in [0.2, 0.25) is 0 Å². The van der Waals surface area contributed by atoms with Crippen molar-refractivity contribution in [2.45, 2.75) is 13.0 Å². The van der Waals surface area contributed by atoms with Gasteiger partial charge >= 0.3 is 0 Å². The highest BCUT2D eigenvalue weighted by molar-refractivity contribution is 5.76. The molecule has 0 radical (unpaired) electrons. The maximum absolute atomic E-state index is 5.33. The maximum Gasteiger partial charge on any atom is 0.124 e. The van der Waals surface area contributed by atoms with Crippen molar-refractivity contribution in [2.75, 3.05) is 7.11 Å². The molecule has 4 nitrogen and oxygen atoms in total. The van der Waals surface area contributed by atoms with Gasteiger partial charge in [-0.1, -0.05) is 18.2 Å². The zero-order chi connectivity index (χ0) is 13.0. The Balaban J connectivity index is 2.16. The lowest BCUT2D eigenvalue weighted by Crippen LogP contribution is -1.96. The van der Waals surface area contributed by atoms with Crippen molar-refractivity contribution in [1.82, 2.24) is 9.55 Å². The van der Waals surface area contributed by atoms with Crippen molar-refractivity contribution < 1.29 is 4.74 Å². The molecule has 1 heterocycles. The first-order valence-electron chi connectivity index (χ1n) is 5.84. The zero-order valence-electron chi connectivity index (χ0n) is 10.9. The number of rotatable bonds is 4. The van der Waals surface area contributed by atoms with E-state index in [1.54, 1.807) is 19.7 Å². The zero-order valence-corrected chi connectivity index (χ0v) is 10.9. The van der Waals surface area contributed by atoms with Gasteiger partial charge in [0, 0.05) is 25.0 Å². The number of methoxy groups -OCH3 is 1. The summed E-state index contributed by atoms with van der Waals surface area (Å²) in [4.78, 5) is 8.71. The van der Waals surface area contributed by atoms with Gasteiger partial charge < -0.3 is 9.30 Å². The SMILES string of the molecule is COc1ccccc1C(C)/N=C/c1cn(C)cn1. The summed E-state index contributed by atoms with van der Waals surface area (Å²) in [6.45, 7) is 2.04. The molecule has 2 rings (SSSR count). The van der Waals surface area contributed by atoms with E-state index >= 15 is 0 Å². The van der Waals surface area contributed by atoms with Gasteiger partial charge in [0.15, 0.2) is 0 Å². The van der Waals surface area contributed by atoms with Crippen LogP contribution in [-0.2, 0) is 7.05 Å². The normalized spacial score (nSPS) is 12.8. The van der Waals surface area contributed by atoms with Crippen molar-refractivity contribution in [3.8, 4) is 5.75 Å². The van der Waals surface area contributed by atoms with Gasteiger partial charge in [0.05, 0.1) is 25.2 Å². The topological polar surface area (TPSA) is 39.4 Å². The Morgan fingerprint density at radius 2 is 2.17 bits per heavy atom. The summed E-state index contributed by atoms with van der Waals surface area (Å²) >= 11 is 0. The lowest BCUT2D eigenvalue weighted by atomic mass is 10.1. The van der Waals surface area contributed by atoms with Crippen LogP contribution in [-0.4, -0.2) is 22.9 Å². The first-order valence-corrected chi connectivity index (χ1v) is 5.84. The number of para-hydroxylation sites is 1. The summed E-state index contributed by atoms with van der Waals surface area (Å²) < 4.78 is 7.23. The van der Waals surface area contributed by atoms with Crippen molar-refractivity contribution in [1.29, 1.82) is 0 Å². The number of benzene rings is 1. The van der Waals surface area contributed by atoms with E-state index in [-0.39, 0.29) is 6.04 Å². The molecular weight excluding hydrogens is 226 g/mol.